The van der Waals surface area contributed by atoms with Crippen LogP contribution in [0.25, 0.3) is 0 Å². The summed E-state index contributed by atoms with van der Waals surface area (Å²) < 4.78 is 27.4. The molecule has 0 unspecified atom stereocenters. The van der Waals surface area contributed by atoms with Gasteiger partial charge in [-0.2, -0.15) is 0 Å². The molecule has 5 nitrogen and oxygen atoms in total. The van der Waals surface area contributed by atoms with Crippen LogP contribution in [-0.4, -0.2) is 13.4 Å². The SMILES string of the molecule is Cc1cccnc1CNS(=O)(=O)c1ccc(N)cc1Br. The van der Waals surface area contributed by atoms with Gasteiger partial charge in [0, 0.05) is 16.4 Å². The molecule has 1 aromatic heterocycles. The Morgan fingerprint density at radius 2 is 2.10 bits per heavy atom. The van der Waals surface area contributed by atoms with Gasteiger partial charge in [-0.3, -0.25) is 4.98 Å². The lowest BCUT2D eigenvalue weighted by Gasteiger charge is -2.10. The Labute approximate surface area is 126 Å². The number of aromatic nitrogens is 1. The van der Waals surface area contributed by atoms with E-state index in [4.69, 9.17) is 5.73 Å². The normalized spacial score (nSPS) is 11.5. The van der Waals surface area contributed by atoms with E-state index in [0.717, 1.165) is 5.56 Å². The van der Waals surface area contributed by atoms with Crippen molar-refractivity contribution in [1.82, 2.24) is 9.71 Å². The van der Waals surface area contributed by atoms with Crippen molar-refractivity contribution >= 4 is 31.6 Å². The molecule has 0 saturated heterocycles. The number of hydrogen-bond acceptors (Lipinski definition) is 4. The van der Waals surface area contributed by atoms with Crippen molar-refractivity contribution in [2.45, 2.75) is 18.4 Å². The van der Waals surface area contributed by atoms with Gasteiger partial charge in [0.15, 0.2) is 0 Å². The molecule has 0 aliphatic heterocycles. The minimum Gasteiger partial charge on any atom is -0.399 e. The highest BCUT2D eigenvalue weighted by Gasteiger charge is 2.17. The fourth-order valence-electron chi connectivity index (χ4n) is 1.68. The first-order chi connectivity index (χ1) is 9.40. The summed E-state index contributed by atoms with van der Waals surface area (Å²) in [5.74, 6) is 0. The van der Waals surface area contributed by atoms with Gasteiger partial charge >= 0.3 is 0 Å². The van der Waals surface area contributed by atoms with E-state index in [0.29, 0.717) is 15.9 Å². The second-order valence-corrected chi connectivity index (χ2v) is 6.87. The monoisotopic (exact) mass is 355 g/mol. The molecule has 7 heteroatoms. The van der Waals surface area contributed by atoms with Crippen molar-refractivity contribution < 1.29 is 8.42 Å². The molecule has 1 heterocycles. The predicted octanol–water partition coefficient (Wildman–Crippen LogP) is 2.21. The van der Waals surface area contributed by atoms with Gasteiger partial charge in [-0.15, -0.1) is 0 Å². The second-order valence-electron chi connectivity index (χ2n) is 4.28. The lowest BCUT2D eigenvalue weighted by molar-refractivity contribution is 0.580. The van der Waals surface area contributed by atoms with Crippen LogP contribution in [0.5, 0.6) is 0 Å². The van der Waals surface area contributed by atoms with E-state index in [-0.39, 0.29) is 11.4 Å². The number of halogens is 1. The highest BCUT2D eigenvalue weighted by Crippen LogP contribution is 2.24. The molecule has 0 aliphatic carbocycles. The highest BCUT2D eigenvalue weighted by molar-refractivity contribution is 9.10. The van der Waals surface area contributed by atoms with Crippen molar-refractivity contribution in [3.8, 4) is 0 Å². The van der Waals surface area contributed by atoms with Crippen LogP contribution in [-0.2, 0) is 16.6 Å². The maximum atomic E-state index is 12.2. The Morgan fingerprint density at radius 3 is 2.75 bits per heavy atom. The second kappa shape index (κ2) is 5.90. The van der Waals surface area contributed by atoms with Crippen LogP contribution in [0, 0.1) is 6.92 Å². The van der Waals surface area contributed by atoms with E-state index >= 15 is 0 Å². The molecule has 0 aliphatic rings. The highest BCUT2D eigenvalue weighted by atomic mass is 79.9. The lowest BCUT2D eigenvalue weighted by atomic mass is 10.2. The topological polar surface area (TPSA) is 85.1 Å². The van der Waals surface area contributed by atoms with Crippen molar-refractivity contribution in [1.29, 1.82) is 0 Å². The summed E-state index contributed by atoms with van der Waals surface area (Å²) in [4.78, 5) is 4.31. The first-order valence-electron chi connectivity index (χ1n) is 5.85. The van der Waals surface area contributed by atoms with Crippen LogP contribution >= 0.6 is 15.9 Å². The maximum Gasteiger partial charge on any atom is 0.242 e. The Balaban J connectivity index is 2.22. The number of nitrogen functional groups attached to an aromatic ring is 1. The number of benzene rings is 1. The minimum atomic E-state index is -3.62. The molecule has 0 radical (unpaired) electrons. The average molecular weight is 356 g/mol. The standard InChI is InChI=1S/C13H14BrN3O2S/c1-9-3-2-6-16-12(9)8-17-20(18,19)13-5-4-10(15)7-11(13)14/h2-7,17H,8,15H2,1H3. The maximum absolute atomic E-state index is 12.2. The molecule has 0 fully saturated rings. The molecule has 3 N–H and O–H groups in total. The first-order valence-corrected chi connectivity index (χ1v) is 8.13. The van der Waals surface area contributed by atoms with Gasteiger partial charge in [-0.25, -0.2) is 13.1 Å². The third-order valence-electron chi connectivity index (χ3n) is 2.79. The van der Waals surface area contributed by atoms with E-state index < -0.39 is 10.0 Å². The summed E-state index contributed by atoms with van der Waals surface area (Å²) in [5, 5.41) is 0. The fourth-order valence-corrected chi connectivity index (χ4v) is 3.76. The molecule has 1 aromatic carbocycles. The molecule has 0 amide bonds. The molecule has 0 saturated carbocycles. The smallest absolute Gasteiger partial charge is 0.242 e. The van der Waals surface area contributed by atoms with Crippen molar-refractivity contribution in [3.05, 3.63) is 52.3 Å². The summed E-state index contributed by atoms with van der Waals surface area (Å²) in [6.07, 6.45) is 1.63. The molecule has 2 aromatic rings. The number of nitrogens with one attached hydrogen (secondary N) is 1. The summed E-state index contributed by atoms with van der Waals surface area (Å²) in [5.41, 5.74) is 7.73. The van der Waals surface area contributed by atoms with E-state index in [1.165, 1.54) is 6.07 Å². The van der Waals surface area contributed by atoms with E-state index in [1.807, 2.05) is 19.1 Å². The number of pyridine rings is 1. The van der Waals surface area contributed by atoms with Crippen molar-refractivity contribution in [3.63, 3.8) is 0 Å². The van der Waals surface area contributed by atoms with E-state index in [9.17, 15) is 8.42 Å². The Kier molecular flexibility index (Phi) is 4.42. The number of hydrogen-bond donors (Lipinski definition) is 2. The summed E-state index contributed by atoms with van der Waals surface area (Å²) in [6, 6.07) is 8.26. The van der Waals surface area contributed by atoms with Gasteiger partial charge in [0.05, 0.1) is 17.1 Å². The van der Waals surface area contributed by atoms with Crippen LogP contribution in [0.4, 0.5) is 5.69 Å². The number of aryl methyl sites for hydroxylation is 1. The van der Waals surface area contributed by atoms with Gasteiger partial charge < -0.3 is 5.73 Å². The zero-order chi connectivity index (χ0) is 14.8. The molecule has 0 spiro atoms. The van der Waals surface area contributed by atoms with Gasteiger partial charge in [0.1, 0.15) is 0 Å². The lowest BCUT2D eigenvalue weighted by Crippen LogP contribution is -2.24. The third kappa shape index (κ3) is 3.36. The molecular formula is C13H14BrN3O2S. The van der Waals surface area contributed by atoms with Crippen LogP contribution < -0.4 is 10.5 Å². The zero-order valence-electron chi connectivity index (χ0n) is 10.8. The van der Waals surface area contributed by atoms with E-state index in [2.05, 4.69) is 25.6 Å². The van der Waals surface area contributed by atoms with Crippen LogP contribution in [0.2, 0.25) is 0 Å². The fraction of sp³-hybridized carbons (Fsp3) is 0.154. The van der Waals surface area contributed by atoms with Crippen LogP contribution in [0.1, 0.15) is 11.3 Å². The van der Waals surface area contributed by atoms with Crippen LogP contribution in [0.3, 0.4) is 0 Å². The van der Waals surface area contributed by atoms with Gasteiger partial charge in [-0.05, 0) is 52.7 Å². The molecule has 0 bridgehead atoms. The largest absolute Gasteiger partial charge is 0.399 e. The van der Waals surface area contributed by atoms with Gasteiger partial charge in [0.2, 0.25) is 10.0 Å². The average Bonchev–Trinajstić information content (AvgIpc) is 2.37. The summed E-state index contributed by atoms with van der Waals surface area (Å²) >= 11 is 3.21. The number of sulfonamides is 1. The minimum absolute atomic E-state index is 0.145. The molecular weight excluding hydrogens is 342 g/mol. The molecule has 0 atom stereocenters. The molecule has 2 rings (SSSR count). The Bertz CT molecular complexity index is 732. The van der Waals surface area contributed by atoms with Crippen molar-refractivity contribution in [2.24, 2.45) is 0 Å². The third-order valence-corrected chi connectivity index (χ3v) is 5.17. The molecule has 106 valence electrons. The number of nitrogens with two attached hydrogens (primary N) is 1. The Morgan fingerprint density at radius 1 is 1.35 bits per heavy atom. The van der Waals surface area contributed by atoms with Crippen molar-refractivity contribution in [2.75, 3.05) is 5.73 Å². The van der Waals surface area contributed by atoms with E-state index in [1.54, 1.807) is 18.3 Å². The van der Waals surface area contributed by atoms with Crippen LogP contribution in [0.15, 0.2) is 45.9 Å². The number of nitrogens with zero attached hydrogens (tertiary/aromatic N) is 1. The first kappa shape index (κ1) is 15.0. The molecule has 20 heavy (non-hydrogen) atoms. The Hall–Kier alpha value is -1.44. The predicted molar refractivity (Wildman–Crippen MR) is 81.6 cm³/mol. The van der Waals surface area contributed by atoms with Gasteiger partial charge in [-0.1, -0.05) is 6.07 Å². The van der Waals surface area contributed by atoms with Gasteiger partial charge in [0.25, 0.3) is 0 Å². The quantitative estimate of drug-likeness (QED) is 0.823. The number of anilines is 1. The zero-order valence-corrected chi connectivity index (χ0v) is 13.2. The number of rotatable bonds is 4. The summed E-state index contributed by atoms with van der Waals surface area (Å²) in [6.45, 7) is 2.03. The summed E-state index contributed by atoms with van der Waals surface area (Å²) in [7, 11) is -3.62.